The van der Waals surface area contributed by atoms with E-state index in [1.165, 1.54) is 17.7 Å². The second-order valence-electron chi connectivity index (χ2n) is 2.53. The summed E-state index contributed by atoms with van der Waals surface area (Å²) >= 11 is 1.31. The average molecular weight is 191 g/mol. The molecular weight excluding hydrogens is 186 g/mol. The van der Waals surface area contributed by atoms with E-state index in [-0.39, 0.29) is 5.56 Å². The summed E-state index contributed by atoms with van der Waals surface area (Å²) < 4.78 is 0.533. The summed E-state index contributed by atoms with van der Waals surface area (Å²) in [5.41, 5.74) is 0.834. The molecule has 2 heterocycles. The molecule has 5 heteroatoms. The van der Waals surface area contributed by atoms with E-state index in [4.69, 9.17) is 6.57 Å². The Hall–Kier alpha value is -1.67. The van der Waals surface area contributed by atoms with Gasteiger partial charge >= 0.3 is 0 Å². The van der Waals surface area contributed by atoms with E-state index < -0.39 is 0 Å². The number of hydrogen-bond acceptors (Lipinski definition) is 3. The average Bonchev–Trinajstić information content (AvgIpc) is 2.43. The van der Waals surface area contributed by atoms with Crippen molar-refractivity contribution in [1.82, 2.24) is 9.97 Å². The lowest BCUT2D eigenvalue weighted by Crippen LogP contribution is -2.03. The predicted molar refractivity (Wildman–Crippen MR) is 51.2 cm³/mol. The van der Waals surface area contributed by atoms with Gasteiger partial charge in [0.2, 0.25) is 5.69 Å². The first kappa shape index (κ1) is 7.95. The number of thiophene rings is 1. The molecule has 0 saturated carbocycles. The summed E-state index contributed by atoms with van der Waals surface area (Å²) in [7, 11) is 0. The highest BCUT2D eigenvalue weighted by Gasteiger charge is 2.11. The molecule has 0 radical (unpaired) electrons. The van der Waals surface area contributed by atoms with Gasteiger partial charge in [-0.2, -0.15) is 0 Å². The lowest BCUT2D eigenvalue weighted by Gasteiger charge is -1.86. The molecule has 0 aliphatic carbocycles. The Morgan fingerprint density at radius 1 is 1.69 bits per heavy atom. The Balaban J connectivity index is 3.05. The number of aromatic nitrogens is 2. The van der Waals surface area contributed by atoms with E-state index in [0.29, 0.717) is 15.9 Å². The first-order chi connectivity index (χ1) is 6.24. The molecule has 0 aliphatic heterocycles. The molecule has 0 fully saturated rings. The molecule has 0 bridgehead atoms. The maximum Gasteiger partial charge on any atom is 0.267 e. The number of hydrogen-bond donors (Lipinski definition) is 1. The lowest BCUT2D eigenvalue weighted by atomic mass is 10.3. The van der Waals surface area contributed by atoms with Gasteiger partial charge in [-0.3, -0.25) is 4.79 Å². The number of nitrogens with one attached hydrogen (secondary N) is 1. The van der Waals surface area contributed by atoms with Crippen molar-refractivity contribution < 1.29 is 0 Å². The van der Waals surface area contributed by atoms with Gasteiger partial charge in [0.05, 0.1) is 18.4 Å². The quantitative estimate of drug-likeness (QED) is 0.646. The number of rotatable bonds is 0. The number of aryl methyl sites for hydroxylation is 1. The smallest absolute Gasteiger partial charge is 0.267 e. The minimum atomic E-state index is -0.173. The molecule has 4 nitrogen and oxygen atoms in total. The zero-order valence-corrected chi connectivity index (χ0v) is 7.60. The fourth-order valence-corrected chi connectivity index (χ4v) is 2.09. The highest BCUT2D eigenvalue weighted by molar-refractivity contribution is 7.19. The Morgan fingerprint density at radius 2 is 2.46 bits per heavy atom. The van der Waals surface area contributed by atoms with Crippen molar-refractivity contribution in [1.29, 1.82) is 0 Å². The molecule has 64 valence electrons. The molecule has 0 aromatic carbocycles. The van der Waals surface area contributed by atoms with Crippen LogP contribution in [0.25, 0.3) is 15.1 Å². The van der Waals surface area contributed by atoms with Crippen LogP contribution in [0.2, 0.25) is 0 Å². The first-order valence-corrected chi connectivity index (χ1v) is 4.40. The van der Waals surface area contributed by atoms with Gasteiger partial charge in [0.25, 0.3) is 5.56 Å². The topological polar surface area (TPSA) is 50.1 Å². The zero-order valence-electron chi connectivity index (χ0n) is 6.79. The van der Waals surface area contributed by atoms with Gasteiger partial charge in [0.15, 0.2) is 0 Å². The molecule has 0 spiro atoms. The van der Waals surface area contributed by atoms with E-state index in [2.05, 4.69) is 14.8 Å². The zero-order chi connectivity index (χ0) is 9.42. The number of aromatic amines is 1. The second-order valence-corrected chi connectivity index (χ2v) is 3.75. The Bertz CT molecular complexity index is 561. The van der Waals surface area contributed by atoms with Crippen LogP contribution in [-0.2, 0) is 0 Å². The van der Waals surface area contributed by atoms with Gasteiger partial charge in [-0.15, -0.1) is 11.3 Å². The Labute approximate surface area is 77.7 Å². The molecule has 0 unspecified atom stereocenters. The fraction of sp³-hybridized carbons (Fsp3) is 0.125. The molecule has 2 aromatic rings. The number of H-pyrrole nitrogens is 1. The fourth-order valence-electron chi connectivity index (χ4n) is 1.15. The van der Waals surface area contributed by atoms with Gasteiger partial charge in [0.1, 0.15) is 4.70 Å². The van der Waals surface area contributed by atoms with Crippen LogP contribution in [0, 0.1) is 13.5 Å². The minimum absolute atomic E-state index is 0.173. The van der Waals surface area contributed by atoms with Crippen molar-refractivity contribution in [2.75, 3.05) is 0 Å². The van der Waals surface area contributed by atoms with Crippen LogP contribution in [0.4, 0.5) is 5.69 Å². The van der Waals surface area contributed by atoms with Crippen LogP contribution in [-0.4, -0.2) is 9.97 Å². The van der Waals surface area contributed by atoms with E-state index in [9.17, 15) is 4.79 Å². The highest BCUT2D eigenvalue weighted by Crippen LogP contribution is 2.33. The van der Waals surface area contributed by atoms with Crippen molar-refractivity contribution >= 4 is 27.2 Å². The standard InChI is InChI=1S/C8H5N3OS/c1-4-5(9-2)6-7(13-4)8(12)11-3-10-6/h3H,1H3,(H,10,11,12). The van der Waals surface area contributed by atoms with Crippen LogP contribution < -0.4 is 5.56 Å². The third-order valence-electron chi connectivity index (χ3n) is 1.74. The molecule has 2 rings (SSSR count). The van der Waals surface area contributed by atoms with Crippen LogP contribution in [0.15, 0.2) is 11.1 Å². The summed E-state index contributed by atoms with van der Waals surface area (Å²) in [6, 6.07) is 0. The van der Waals surface area contributed by atoms with Crippen molar-refractivity contribution in [3.63, 3.8) is 0 Å². The summed E-state index contributed by atoms with van der Waals surface area (Å²) in [6.45, 7) is 8.75. The summed E-state index contributed by atoms with van der Waals surface area (Å²) in [5.74, 6) is 0. The Kier molecular flexibility index (Phi) is 1.64. The molecule has 0 aliphatic rings. The number of fused-ring (bicyclic) bond motifs is 1. The normalized spacial score (nSPS) is 10.2. The second kappa shape index (κ2) is 2.68. The van der Waals surface area contributed by atoms with Gasteiger partial charge in [0, 0.05) is 4.88 Å². The molecular formula is C8H5N3OS. The van der Waals surface area contributed by atoms with Crippen molar-refractivity contribution in [2.24, 2.45) is 0 Å². The van der Waals surface area contributed by atoms with Gasteiger partial charge in [-0.1, -0.05) is 0 Å². The molecule has 0 amide bonds. The maximum absolute atomic E-state index is 11.3. The predicted octanol–water partition coefficient (Wildman–Crippen LogP) is 1.84. The molecule has 0 atom stereocenters. The maximum atomic E-state index is 11.3. The molecule has 1 N–H and O–H groups in total. The van der Waals surface area contributed by atoms with E-state index in [0.717, 1.165) is 4.88 Å². The summed E-state index contributed by atoms with van der Waals surface area (Å²) in [5, 5.41) is 0. The van der Waals surface area contributed by atoms with E-state index >= 15 is 0 Å². The van der Waals surface area contributed by atoms with Crippen molar-refractivity contribution in [2.45, 2.75) is 6.92 Å². The van der Waals surface area contributed by atoms with E-state index in [1.807, 2.05) is 6.92 Å². The van der Waals surface area contributed by atoms with Crippen LogP contribution in [0.1, 0.15) is 4.88 Å². The molecule has 2 aromatic heterocycles. The number of nitrogens with zero attached hydrogens (tertiary/aromatic N) is 2. The third-order valence-corrected chi connectivity index (χ3v) is 2.82. The van der Waals surface area contributed by atoms with Gasteiger partial charge < -0.3 is 4.98 Å². The van der Waals surface area contributed by atoms with Crippen molar-refractivity contribution in [3.8, 4) is 0 Å². The molecule has 0 saturated heterocycles. The SMILES string of the molecule is [C-]#[N+]c1c(C)sc2c(=O)[nH]cnc12. The van der Waals surface area contributed by atoms with E-state index in [1.54, 1.807) is 0 Å². The first-order valence-electron chi connectivity index (χ1n) is 3.58. The van der Waals surface area contributed by atoms with Crippen LogP contribution in [0.3, 0.4) is 0 Å². The summed E-state index contributed by atoms with van der Waals surface area (Å²) in [6.07, 6.45) is 1.32. The van der Waals surface area contributed by atoms with Crippen LogP contribution >= 0.6 is 11.3 Å². The van der Waals surface area contributed by atoms with Gasteiger partial charge in [-0.05, 0) is 6.92 Å². The highest BCUT2D eigenvalue weighted by atomic mass is 32.1. The Morgan fingerprint density at radius 3 is 3.15 bits per heavy atom. The van der Waals surface area contributed by atoms with Gasteiger partial charge in [-0.25, -0.2) is 9.83 Å². The minimum Gasteiger partial charge on any atom is -0.312 e. The van der Waals surface area contributed by atoms with Crippen molar-refractivity contribution in [3.05, 3.63) is 33.0 Å². The summed E-state index contributed by atoms with van der Waals surface area (Å²) in [4.78, 5) is 21.9. The monoisotopic (exact) mass is 191 g/mol. The third kappa shape index (κ3) is 1.03. The lowest BCUT2D eigenvalue weighted by molar-refractivity contribution is 1.18. The largest absolute Gasteiger partial charge is 0.312 e. The van der Waals surface area contributed by atoms with Crippen LogP contribution in [0.5, 0.6) is 0 Å². The molecule has 13 heavy (non-hydrogen) atoms.